The Balaban J connectivity index is 1.30. The minimum Gasteiger partial charge on any atom is -0.474 e. The summed E-state index contributed by atoms with van der Waals surface area (Å²) in [6, 6.07) is 19.6. The van der Waals surface area contributed by atoms with Gasteiger partial charge in [-0.15, -0.1) is 0 Å². The van der Waals surface area contributed by atoms with Crippen molar-refractivity contribution in [1.82, 2.24) is 10.3 Å². The Morgan fingerprint density at radius 2 is 1.61 bits per heavy atom. The van der Waals surface area contributed by atoms with E-state index in [1.165, 1.54) is 12.8 Å². The number of amides is 2. The van der Waals surface area contributed by atoms with Gasteiger partial charge in [0.2, 0.25) is 5.88 Å². The van der Waals surface area contributed by atoms with Crippen molar-refractivity contribution < 1.29 is 14.3 Å². The zero-order valence-corrected chi connectivity index (χ0v) is 17.2. The molecule has 31 heavy (non-hydrogen) atoms. The summed E-state index contributed by atoms with van der Waals surface area (Å²) in [6.07, 6.45) is 6.51. The molecule has 1 aliphatic carbocycles. The summed E-state index contributed by atoms with van der Waals surface area (Å²) >= 11 is 0. The molecule has 158 valence electrons. The van der Waals surface area contributed by atoms with E-state index in [9.17, 15) is 9.59 Å². The van der Waals surface area contributed by atoms with Crippen molar-refractivity contribution >= 4 is 17.5 Å². The van der Waals surface area contributed by atoms with Crippen LogP contribution in [0.1, 0.15) is 52.0 Å². The van der Waals surface area contributed by atoms with Crippen molar-refractivity contribution in [2.75, 3.05) is 5.32 Å². The maximum Gasteiger partial charge on any atom is 0.255 e. The van der Waals surface area contributed by atoms with Gasteiger partial charge < -0.3 is 15.4 Å². The molecule has 4 rings (SSSR count). The van der Waals surface area contributed by atoms with Gasteiger partial charge in [-0.3, -0.25) is 9.59 Å². The Labute approximate surface area is 181 Å². The normalized spacial score (nSPS) is 13.5. The van der Waals surface area contributed by atoms with Gasteiger partial charge in [0.05, 0.1) is 0 Å². The summed E-state index contributed by atoms with van der Waals surface area (Å²) in [5.74, 6) is 0.235. The third kappa shape index (κ3) is 5.69. The van der Waals surface area contributed by atoms with Crippen LogP contribution >= 0.6 is 0 Å². The van der Waals surface area contributed by atoms with Gasteiger partial charge in [-0.2, -0.15) is 0 Å². The molecule has 0 atom stereocenters. The van der Waals surface area contributed by atoms with E-state index in [2.05, 4.69) is 15.6 Å². The molecule has 0 bridgehead atoms. The molecular formula is C25H25N3O3. The van der Waals surface area contributed by atoms with E-state index in [0.717, 1.165) is 18.4 Å². The molecular weight excluding hydrogens is 390 g/mol. The number of hydrogen-bond acceptors (Lipinski definition) is 4. The lowest BCUT2D eigenvalue weighted by molar-refractivity contribution is 0.0950. The smallest absolute Gasteiger partial charge is 0.255 e. The van der Waals surface area contributed by atoms with Crippen LogP contribution in [-0.2, 0) is 6.54 Å². The fraction of sp³-hybridized carbons (Fsp3) is 0.240. The fourth-order valence-corrected chi connectivity index (χ4v) is 3.58. The van der Waals surface area contributed by atoms with Gasteiger partial charge in [-0.1, -0.05) is 18.2 Å². The van der Waals surface area contributed by atoms with Crippen molar-refractivity contribution in [3.63, 3.8) is 0 Å². The Morgan fingerprint density at radius 1 is 0.903 bits per heavy atom. The second-order valence-corrected chi connectivity index (χ2v) is 7.61. The molecule has 1 aliphatic rings. The second kappa shape index (κ2) is 9.89. The van der Waals surface area contributed by atoms with Crippen molar-refractivity contribution in [1.29, 1.82) is 0 Å². The first kappa shape index (κ1) is 20.6. The number of nitrogens with zero attached hydrogens (tertiary/aromatic N) is 1. The Hall–Kier alpha value is -3.67. The topological polar surface area (TPSA) is 80.3 Å². The maximum absolute atomic E-state index is 12.5. The highest BCUT2D eigenvalue weighted by Crippen LogP contribution is 2.23. The first-order valence-electron chi connectivity index (χ1n) is 10.5. The van der Waals surface area contributed by atoms with E-state index in [1.807, 2.05) is 30.3 Å². The lowest BCUT2D eigenvalue weighted by Gasteiger charge is -2.13. The zero-order chi connectivity index (χ0) is 21.5. The van der Waals surface area contributed by atoms with Gasteiger partial charge >= 0.3 is 0 Å². The van der Waals surface area contributed by atoms with Gasteiger partial charge in [-0.05, 0) is 73.7 Å². The molecule has 0 unspecified atom stereocenters. The van der Waals surface area contributed by atoms with Crippen LogP contribution in [0.5, 0.6) is 5.88 Å². The molecule has 3 aromatic rings. The third-order valence-electron chi connectivity index (χ3n) is 5.28. The molecule has 6 nitrogen and oxygen atoms in total. The van der Waals surface area contributed by atoms with Crippen LogP contribution < -0.4 is 15.4 Å². The van der Waals surface area contributed by atoms with E-state index in [0.29, 0.717) is 29.2 Å². The molecule has 6 heteroatoms. The zero-order valence-electron chi connectivity index (χ0n) is 17.2. The molecule has 0 saturated heterocycles. The predicted molar refractivity (Wildman–Crippen MR) is 119 cm³/mol. The minimum atomic E-state index is -0.189. The SMILES string of the molecule is O=C(NCc1ccnc(OC2CCCC2)c1)c1ccc(NC(=O)c2ccccc2)cc1. The highest BCUT2D eigenvalue weighted by atomic mass is 16.5. The number of anilines is 1. The molecule has 1 aromatic heterocycles. The van der Waals surface area contributed by atoms with Crippen LogP contribution in [0.25, 0.3) is 0 Å². The second-order valence-electron chi connectivity index (χ2n) is 7.61. The Morgan fingerprint density at radius 3 is 2.35 bits per heavy atom. The number of aromatic nitrogens is 1. The number of ether oxygens (including phenoxy) is 1. The highest BCUT2D eigenvalue weighted by Gasteiger charge is 2.17. The largest absolute Gasteiger partial charge is 0.474 e. The number of hydrogen-bond donors (Lipinski definition) is 2. The van der Waals surface area contributed by atoms with Crippen LogP contribution in [0.3, 0.4) is 0 Å². The monoisotopic (exact) mass is 415 g/mol. The lowest BCUT2D eigenvalue weighted by atomic mass is 10.1. The molecule has 0 aliphatic heterocycles. The first-order valence-corrected chi connectivity index (χ1v) is 10.5. The van der Waals surface area contributed by atoms with Crippen molar-refractivity contribution in [2.24, 2.45) is 0 Å². The van der Waals surface area contributed by atoms with Gasteiger partial charge in [0.25, 0.3) is 11.8 Å². The van der Waals surface area contributed by atoms with Gasteiger partial charge in [0, 0.05) is 35.6 Å². The van der Waals surface area contributed by atoms with Crippen LogP contribution in [0, 0.1) is 0 Å². The Kier molecular flexibility index (Phi) is 6.57. The average Bonchev–Trinajstić information content (AvgIpc) is 3.32. The van der Waals surface area contributed by atoms with E-state index in [4.69, 9.17) is 4.74 Å². The fourth-order valence-electron chi connectivity index (χ4n) is 3.58. The summed E-state index contributed by atoms with van der Waals surface area (Å²) < 4.78 is 5.93. The van der Waals surface area contributed by atoms with Gasteiger partial charge in [0.1, 0.15) is 6.10 Å². The molecule has 1 saturated carbocycles. The number of nitrogens with one attached hydrogen (secondary N) is 2. The van der Waals surface area contributed by atoms with Crippen molar-refractivity contribution in [3.05, 3.63) is 89.6 Å². The Bertz CT molecular complexity index is 1030. The van der Waals surface area contributed by atoms with E-state index in [-0.39, 0.29) is 17.9 Å². The van der Waals surface area contributed by atoms with E-state index in [1.54, 1.807) is 42.6 Å². The molecule has 2 N–H and O–H groups in total. The molecule has 2 aromatic carbocycles. The molecule has 0 radical (unpaired) electrons. The van der Waals surface area contributed by atoms with Gasteiger partial charge in [-0.25, -0.2) is 4.98 Å². The number of benzene rings is 2. The van der Waals surface area contributed by atoms with Crippen LogP contribution in [0.2, 0.25) is 0 Å². The van der Waals surface area contributed by atoms with E-state index < -0.39 is 0 Å². The van der Waals surface area contributed by atoms with E-state index >= 15 is 0 Å². The van der Waals surface area contributed by atoms with Crippen LogP contribution in [0.15, 0.2) is 72.9 Å². The highest BCUT2D eigenvalue weighted by molar-refractivity contribution is 6.04. The number of carbonyl (C=O) groups is 2. The summed E-state index contributed by atoms with van der Waals surface area (Å²) in [5.41, 5.74) is 2.67. The molecule has 1 fully saturated rings. The quantitative estimate of drug-likeness (QED) is 0.592. The van der Waals surface area contributed by atoms with Crippen molar-refractivity contribution in [2.45, 2.75) is 38.3 Å². The van der Waals surface area contributed by atoms with Crippen molar-refractivity contribution in [3.8, 4) is 5.88 Å². The number of rotatable bonds is 7. The molecule has 2 amide bonds. The number of carbonyl (C=O) groups excluding carboxylic acids is 2. The van der Waals surface area contributed by atoms with Crippen LogP contribution in [-0.4, -0.2) is 22.9 Å². The minimum absolute atomic E-state index is 0.184. The maximum atomic E-state index is 12.5. The summed E-state index contributed by atoms with van der Waals surface area (Å²) in [4.78, 5) is 29.0. The van der Waals surface area contributed by atoms with Crippen LogP contribution in [0.4, 0.5) is 5.69 Å². The molecule has 0 spiro atoms. The number of pyridine rings is 1. The summed E-state index contributed by atoms with van der Waals surface area (Å²) in [7, 11) is 0. The average molecular weight is 415 g/mol. The predicted octanol–water partition coefficient (Wildman–Crippen LogP) is 4.59. The van der Waals surface area contributed by atoms with Gasteiger partial charge in [0.15, 0.2) is 0 Å². The first-order chi connectivity index (χ1) is 15.2. The molecule has 1 heterocycles. The lowest BCUT2D eigenvalue weighted by Crippen LogP contribution is -2.23. The summed E-state index contributed by atoms with van der Waals surface area (Å²) in [5, 5.41) is 5.74. The third-order valence-corrected chi connectivity index (χ3v) is 5.28. The summed E-state index contributed by atoms with van der Waals surface area (Å²) in [6.45, 7) is 0.384. The standard InChI is InChI=1S/C25H25N3O3/c29-24(27-17-18-14-15-26-23(16-18)31-22-8-4-5-9-22)20-10-12-21(13-11-20)28-25(30)19-6-2-1-3-7-19/h1-3,6-7,10-16,22H,4-5,8-9,17H2,(H,27,29)(H,28,30).